The molecule has 90 valence electrons. The molecule has 0 fully saturated rings. The van der Waals surface area contributed by atoms with Crippen LogP contribution >= 0.6 is 0 Å². The van der Waals surface area contributed by atoms with Crippen LogP contribution in [0.1, 0.15) is 23.6 Å². The maximum absolute atomic E-state index is 13.4. The number of hydrogen-bond acceptors (Lipinski definition) is 2. The predicted octanol–water partition coefficient (Wildman–Crippen LogP) is 2.65. The molecule has 0 heterocycles. The van der Waals surface area contributed by atoms with E-state index in [9.17, 15) is 8.78 Å². The fraction of sp³-hybridized carbons (Fsp3) is 0.500. The van der Waals surface area contributed by atoms with Crippen LogP contribution in [0.4, 0.5) is 8.78 Å². The summed E-state index contributed by atoms with van der Waals surface area (Å²) in [6.45, 7) is 2.50. The monoisotopic (exact) mass is 230 g/mol. The summed E-state index contributed by atoms with van der Waals surface area (Å²) in [4.78, 5) is 0. The van der Waals surface area contributed by atoms with Gasteiger partial charge >= 0.3 is 0 Å². The first-order valence-corrected chi connectivity index (χ1v) is 5.06. The third-order valence-electron chi connectivity index (χ3n) is 2.37. The minimum absolute atomic E-state index is 0.0888. The van der Waals surface area contributed by atoms with E-state index in [1.807, 2.05) is 0 Å². The summed E-state index contributed by atoms with van der Waals surface area (Å²) in [5, 5.41) is 8.88. The SMILES string of the molecule is COc1c(CCO)cc(C)cc1C(C)(F)F. The second-order valence-electron chi connectivity index (χ2n) is 3.87. The molecule has 0 unspecified atom stereocenters. The Bertz CT molecular complexity index is 370. The van der Waals surface area contributed by atoms with Crippen molar-refractivity contribution in [3.8, 4) is 5.75 Å². The molecule has 2 nitrogen and oxygen atoms in total. The van der Waals surface area contributed by atoms with E-state index in [2.05, 4.69) is 0 Å². The Morgan fingerprint density at radius 1 is 1.38 bits per heavy atom. The first kappa shape index (κ1) is 12.9. The van der Waals surface area contributed by atoms with Gasteiger partial charge in [0.2, 0.25) is 0 Å². The molecule has 0 amide bonds. The van der Waals surface area contributed by atoms with E-state index in [0.29, 0.717) is 12.0 Å². The van der Waals surface area contributed by atoms with Gasteiger partial charge in [0.05, 0.1) is 12.7 Å². The fourth-order valence-corrected chi connectivity index (χ4v) is 1.72. The van der Waals surface area contributed by atoms with Crippen LogP contribution < -0.4 is 4.74 Å². The number of aliphatic hydroxyl groups excluding tert-OH is 1. The molecule has 1 aromatic rings. The van der Waals surface area contributed by atoms with E-state index < -0.39 is 5.92 Å². The highest BCUT2D eigenvalue weighted by atomic mass is 19.3. The van der Waals surface area contributed by atoms with Crippen molar-refractivity contribution in [2.24, 2.45) is 0 Å². The van der Waals surface area contributed by atoms with Crippen LogP contribution in [0, 0.1) is 6.92 Å². The van der Waals surface area contributed by atoms with Crippen LogP contribution in [0.3, 0.4) is 0 Å². The molecule has 1 rings (SSSR count). The highest BCUT2D eigenvalue weighted by Gasteiger charge is 2.30. The third-order valence-corrected chi connectivity index (χ3v) is 2.37. The average molecular weight is 230 g/mol. The third kappa shape index (κ3) is 2.70. The van der Waals surface area contributed by atoms with Crippen molar-refractivity contribution in [3.63, 3.8) is 0 Å². The van der Waals surface area contributed by atoms with Crippen LogP contribution in [0.15, 0.2) is 12.1 Å². The quantitative estimate of drug-likeness (QED) is 0.861. The first-order chi connectivity index (χ1) is 7.40. The van der Waals surface area contributed by atoms with Crippen LogP contribution in [0.25, 0.3) is 0 Å². The van der Waals surface area contributed by atoms with Crippen molar-refractivity contribution in [1.82, 2.24) is 0 Å². The number of aryl methyl sites for hydroxylation is 1. The van der Waals surface area contributed by atoms with Crippen LogP contribution in [-0.2, 0) is 12.3 Å². The summed E-state index contributed by atoms with van der Waals surface area (Å²) in [6.07, 6.45) is 0.313. The first-order valence-electron chi connectivity index (χ1n) is 5.06. The molecule has 0 atom stereocenters. The van der Waals surface area contributed by atoms with Gasteiger partial charge in [0.1, 0.15) is 5.75 Å². The maximum Gasteiger partial charge on any atom is 0.274 e. The normalized spacial score (nSPS) is 11.6. The molecule has 0 aliphatic rings. The fourth-order valence-electron chi connectivity index (χ4n) is 1.72. The van der Waals surface area contributed by atoms with Gasteiger partial charge in [0, 0.05) is 13.5 Å². The van der Waals surface area contributed by atoms with Crippen molar-refractivity contribution in [2.45, 2.75) is 26.2 Å². The molecule has 1 aromatic carbocycles. The van der Waals surface area contributed by atoms with Gasteiger partial charge in [0.15, 0.2) is 0 Å². The van der Waals surface area contributed by atoms with Gasteiger partial charge in [-0.25, -0.2) is 8.78 Å². The van der Waals surface area contributed by atoms with Crippen molar-refractivity contribution >= 4 is 0 Å². The maximum atomic E-state index is 13.4. The molecule has 4 heteroatoms. The van der Waals surface area contributed by atoms with Gasteiger partial charge in [-0.05, 0) is 25.0 Å². The van der Waals surface area contributed by atoms with Gasteiger partial charge in [-0.1, -0.05) is 11.6 Å². The van der Waals surface area contributed by atoms with E-state index in [4.69, 9.17) is 9.84 Å². The number of rotatable bonds is 4. The Morgan fingerprint density at radius 3 is 2.44 bits per heavy atom. The number of ether oxygens (including phenoxy) is 1. The predicted molar refractivity (Wildman–Crippen MR) is 58.1 cm³/mol. The number of hydrogen-bond donors (Lipinski definition) is 1. The van der Waals surface area contributed by atoms with Crippen LogP contribution in [-0.4, -0.2) is 18.8 Å². The number of halogens is 2. The topological polar surface area (TPSA) is 29.5 Å². The zero-order valence-corrected chi connectivity index (χ0v) is 9.68. The molecule has 16 heavy (non-hydrogen) atoms. The Kier molecular flexibility index (Phi) is 3.86. The molecule has 0 aliphatic heterocycles. The molecular formula is C12H16F2O2. The minimum atomic E-state index is -2.94. The highest BCUT2D eigenvalue weighted by Crippen LogP contribution is 2.37. The van der Waals surface area contributed by atoms with E-state index >= 15 is 0 Å². The summed E-state index contributed by atoms with van der Waals surface area (Å²) >= 11 is 0. The Balaban J connectivity index is 3.36. The summed E-state index contributed by atoms with van der Waals surface area (Å²) < 4.78 is 31.7. The molecular weight excluding hydrogens is 214 g/mol. The van der Waals surface area contributed by atoms with Crippen molar-refractivity contribution < 1.29 is 18.6 Å². The van der Waals surface area contributed by atoms with Crippen molar-refractivity contribution in [3.05, 3.63) is 28.8 Å². The smallest absolute Gasteiger partial charge is 0.274 e. The van der Waals surface area contributed by atoms with Crippen LogP contribution in [0.5, 0.6) is 5.75 Å². The molecule has 0 saturated carbocycles. The second-order valence-corrected chi connectivity index (χ2v) is 3.87. The van der Waals surface area contributed by atoms with Gasteiger partial charge in [0.25, 0.3) is 5.92 Å². The van der Waals surface area contributed by atoms with E-state index in [1.165, 1.54) is 13.2 Å². The van der Waals surface area contributed by atoms with Gasteiger partial charge in [-0.2, -0.15) is 0 Å². The van der Waals surface area contributed by atoms with Crippen molar-refractivity contribution in [2.75, 3.05) is 13.7 Å². The standard InChI is InChI=1S/C12H16F2O2/c1-8-6-9(4-5-15)11(16-3)10(7-8)12(2,13)14/h6-7,15H,4-5H2,1-3H3. The van der Waals surface area contributed by atoms with Gasteiger partial charge in [-0.15, -0.1) is 0 Å². The zero-order chi connectivity index (χ0) is 12.3. The molecule has 1 N–H and O–H groups in total. The lowest BCUT2D eigenvalue weighted by Gasteiger charge is -2.18. The summed E-state index contributed by atoms with van der Waals surface area (Å²) in [6, 6.07) is 3.17. The minimum Gasteiger partial charge on any atom is -0.496 e. The molecule has 0 aliphatic carbocycles. The Hall–Kier alpha value is -1.16. The molecule has 0 aromatic heterocycles. The zero-order valence-electron chi connectivity index (χ0n) is 9.68. The summed E-state index contributed by atoms with van der Waals surface area (Å²) in [7, 11) is 1.36. The Labute approximate surface area is 93.9 Å². The lowest BCUT2D eigenvalue weighted by atomic mass is 9.99. The molecule has 0 bridgehead atoms. The number of methoxy groups -OCH3 is 1. The van der Waals surface area contributed by atoms with Crippen LogP contribution in [0.2, 0.25) is 0 Å². The summed E-state index contributed by atoms with van der Waals surface area (Å²) in [5.74, 6) is -2.77. The molecule has 0 spiro atoms. The highest BCUT2D eigenvalue weighted by molar-refractivity contribution is 5.46. The summed E-state index contributed by atoms with van der Waals surface area (Å²) in [5.41, 5.74) is 1.22. The lowest BCUT2D eigenvalue weighted by Crippen LogP contribution is -2.11. The molecule has 0 saturated heterocycles. The van der Waals surface area contributed by atoms with E-state index in [1.54, 1.807) is 13.0 Å². The molecule has 0 radical (unpaired) electrons. The second kappa shape index (κ2) is 4.78. The average Bonchev–Trinajstić information content (AvgIpc) is 2.16. The van der Waals surface area contributed by atoms with E-state index in [-0.39, 0.29) is 17.9 Å². The largest absolute Gasteiger partial charge is 0.496 e. The number of benzene rings is 1. The number of alkyl halides is 2. The lowest BCUT2D eigenvalue weighted by molar-refractivity contribution is 0.0148. The van der Waals surface area contributed by atoms with E-state index in [0.717, 1.165) is 12.5 Å². The Morgan fingerprint density at radius 2 is 2.00 bits per heavy atom. The van der Waals surface area contributed by atoms with Gasteiger partial charge < -0.3 is 9.84 Å². The van der Waals surface area contributed by atoms with Gasteiger partial charge in [-0.3, -0.25) is 0 Å². The van der Waals surface area contributed by atoms with Crippen molar-refractivity contribution in [1.29, 1.82) is 0 Å². The number of aliphatic hydroxyl groups is 1.